The van der Waals surface area contributed by atoms with E-state index in [9.17, 15) is 19.5 Å². The van der Waals surface area contributed by atoms with Gasteiger partial charge in [0.05, 0.1) is 28.4 Å². The number of unbranched alkanes of at least 4 members (excludes halogenated alkanes) is 1. The molecule has 0 fully saturated rings. The predicted octanol–water partition coefficient (Wildman–Crippen LogP) is 6.74. The van der Waals surface area contributed by atoms with Gasteiger partial charge in [-0.1, -0.05) is 45.4 Å². The molecular formula is C33H44N6O4. The number of anilines is 5. The van der Waals surface area contributed by atoms with Crippen molar-refractivity contribution in [2.75, 3.05) is 40.1 Å². The lowest BCUT2D eigenvalue weighted by Crippen LogP contribution is -2.39. The number of hydrogen-bond donors (Lipinski definition) is 4. The summed E-state index contributed by atoms with van der Waals surface area (Å²) in [6, 6.07) is 13.0. The molecule has 2 aromatic carbocycles. The van der Waals surface area contributed by atoms with Crippen LogP contribution in [-0.2, 0) is 4.79 Å². The fourth-order valence-electron chi connectivity index (χ4n) is 4.66. The van der Waals surface area contributed by atoms with E-state index in [1.807, 2.05) is 26.8 Å². The third kappa shape index (κ3) is 8.03. The highest BCUT2D eigenvalue weighted by atomic mass is 16.3. The van der Waals surface area contributed by atoms with E-state index >= 15 is 0 Å². The number of carbonyl (C=O) groups excluding carboxylic acids is 3. The van der Waals surface area contributed by atoms with Crippen molar-refractivity contribution in [2.45, 2.75) is 61.3 Å². The Balaban J connectivity index is 2.25. The van der Waals surface area contributed by atoms with Crippen molar-refractivity contribution in [1.82, 2.24) is 10.3 Å². The molecule has 3 rings (SSSR count). The van der Waals surface area contributed by atoms with E-state index in [0.29, 0.717) is 23.5 Å². The minimum atomic E-state index is -0.433. The quantitative estimate of drug-likeness (QED) is 0.137. The van der Waals surface area contributed by atoms with E-state index in [2.05, 4.69) is 34.7 Å². The molecule has 0 saturated heterocycles. The predicted molar refractivity (Wildman–Crippen MR) is 174 cm³/mol. The zero-order valence-corrected chi connectivity index (χ0v) is 26.2. The van der Waals surface area contributed by atoms with Crippen molar-refractivity contribution in [3.05, 3.63) is 65.4 Å². The number of phenolic OH excluding ortho intramolecular Hbond substituents is 1. The zero-order chi connectivity index (χ0) is 31.7. The van der Waals surface area contributed by atoms with Crippen LogP contribution in [0.4, 0.5) is 33.4 Å². The Hall–Kier alpha value is -4.60. The number of hydrogen-bond acceptors (Lipinski definition) is 6. The van der Waals surface area contributed by atoms with Gasteiger partial charge in [-0.15, -0.1) is 0 Å². The lowest BCUT2D eigenvalue weighted by molar-refractivity contribution is -0.118. The second-order valence-electron chi connectivity index (χ2n) is 10.7. The van der Waals surface area contributed by atoms with Gasteiger partial charge in [-0.05, 0) is 63.9 Å². The van der Waals surface area contributed by atoms with Crippen LogP contribution in [0.2, 0.25) is 0 Å². The summed E-state index contributed by atoms with van der Waals surface area (Å²) in [4.78, 5) is 48.3. The number of nitrogens with one attached hydrogen (secondary N) is 3. The summed E-state index contributed by atoms with van der Waals surface area (Å²) >= 11 is 0. The molecule has 3 aromatic rings. The maximum absolute atomic E-state index is 14.0. The molecule has 0 aliphatic heterocycles. The minimum Gasteiger partial charge on any atom is -0.506 e. The van der Waals surface area contributed by atoms with Crippen molar-refractivity contribution in [3.63, 3.8) is 0 Å². The molecule has 0 radical (unpaired) electrons. The fourth-order valence-corrected chi connectivity index (χ4v) is 4.66. The Morgan fingerprint density at radius 3 is 2.19 bits per heavy atom. The number of benzene rings is 2. The van der Waals surface area contributed by atoms with Gasteiger partial charge >= 0.3 is 6.03 Å². The van der Waals surface area contributed by atoms with Gasteiger partial charge in [-0.3, -0.25) is 14.5 Å². The van der Waals surface area contributed by atoms with Crippen molar-refractivity contribution < 1.29 is 19.5 Å². The van der Waals surface area contributed by atoms with E-state index in [0.717, 1.165) is 37.3 Å². The van der Waals surface area contributed by atoms with Crippen molar-refractivity contribution in [2.24, 2.45) is 5.92 Å². The van der Waals surface area contributed by atoms with Gasteiger partial charge < -0.3 is 26.0 Å². The second-order valence-corrected chi connectivity index (χ2v) is 10.7. The van der Waals surface area contributed by atoms with Crippen LogP contribution in [0.25, 0.3) is 0 Å². The van der Waals surface area contributed by atoms with Gasteiger partial charge in [-0.25, -0.2) is 9.78 Å². The molecule has 0 spiro atoms. The van der Waals surface area contributed by atoms with E-state index in [1.165, 1.54) is 17.0 Å². The highest BCUT2D eigenvalue weighted by Gasteiger charge is 2.28. The summed E-state index contributed by atoms with van der Waals surface area (Å²) in [6.45, 7) is 15.4. The Morgan fingerprint density at radius 2 is 1.60 bits per heavy atom. The van der Waals surface area contributed by atoms with Crippen LogP contribution in [0.1, 0.15) is 69.1 Å². The number of aryl methyl sites for hydroxylation is 2. The van der Waals surface area contributed by atoms with Crippen LogP contribution >= 0.6 is 0 Å². The first-order valence-electron chi connectivity index (χ1n) is 14.9. The largest absolute Gasteiger partial charge is 0.506 e. The first-order valence-corrected chi connectivity index (χ1v) is 14.9. The molecule has 0 bridgehead atoms. The summed E-state index contributed by atoms with van der Waals surface area (Å²) in [5, 5.41) is 19.6. The molecule has 1 aromatic heterocycles. The summed E-state index contributed by atoms with van der Waals surface area (Å²) in [5.41, 5.74) is 2.91. The van der Waals surface area contributed by atoms with Gasteiger partial charge in [0.1, 0.15) is 11.6 Å². The number of nitrogens with zero attached hydrogens (tertiary/aromatic N) is 3. The smallest absolute Gasteiger partial charge is 0.326 e. The third-order valence-electron chi connectivity index (χ3n) is 7.09. The fraction of sp³-hybridized carbons (Fsp3) is 0.394. The summed E-state index contributed by atoms with van der Waals surface area (Å²) in [5.74, 6) is -0.557. The number of aromatic hydroxyl groups is 1. The van der Waals surface area contributed by atoms with Crippen LogP contribution in [-0.4, -0.2) is 47.6 Å². The first kappa shape index (κ1) is 32.9. The minimum absolute atomic E-state index is 0.0841. The molecule has 1 heterocycles. The molecule has 43 heavy (non-hydrogen) atoms. The summed E-state index contributed by atoms with van der Waals surface area (Å²) in [7, 11) is 0. The second kappa shape index (κ2) is 15.0. The topological polar surface area (TPSA) is 127 Å². The number of rotatable bonds is 12. The lowest BCUT2D eigenvalue weighted by atomic mass is 10.1. The molecule has 4 amide bonds. The number of phenols is 1. The van der Waals surface area contributed by atoms with Crippen LogP contribution in [0, 0.1) is 19.8 Å². The molecule has 0 atom stereocenters. The van der Waals surface area contributed by atoms with Gasteiger partial charge in [0.15, 0.2) is 0 Å². The van der Waals surface area contributed by atoms with Crippen LogP contribution in [0.3, 0.4) is 0 Å². The number of carbonyl (C=O) groups is 3. The monoisotopic (exact) mass is 588 g/mol. The van der Waals surface area contributed by atoms with Crippen molar-refractivity contribution in [1.29, 1.82) is 0 Å². The molecule has 0 unspecified atom stereocenters. The first-order chi connectivity index (χ1) is 20.5. The standard InChI is InChI=1S/C33H44N6O4/c1-8-11-17-34-33(43)39(30-22(6)18-29(35-23(30)7)38(9-2)10-3)27-19-26(37-32(42)24-15-13-12-14-16-24)28(40)20-25(27)36-31(41)21(4)5/h12-16,18-21,40H,8-11,17H2,1-7H3,(H,34,43)(H,36,41)(H,37,42). The van der Waals surface area contributed by atoms with E-state index < -0.39 is 11.9 Å². The highest BCUT2D eigenvalue weighted by molar-refractivity contribution is 6.10. The molecule has 230 valence electrons. The molecule has 0 aliphatic rings. The average molecular weight is 589 g/mol. The van der Waals surface area contributed by atoms with E-state index in [-0.39, 0.29) is 34.6 Å². The lowest BCUT2D eigenvalue weighted by Gasteiger charge is -2.30. The number of aromatic nitrogens is 1. The van der Waals surface area contributed by atoms with E-state index in [4.69, 9.17) is 4.98 Å². The Kier molecular flexibility index (Phi) is 11.5. The maximum atomic E-state index is 14.0. The average Bonchev–Trinajstić information content (AvgIpc) is 2.97. The van der Waals surface area contributed by atoms with Crippen LogP contribution in [0.5, 0.6) is 5.75 Å². The van der Waals surface area contributed by atoms with Crippen molar-refractivity contribution in [3.8, 4) is 5.75 Å². The molecule has 0 saturated carbocycles. The number of urea groups is 1. The van der Waals surface area contributed by atoms with Gasteiger partial charge in [0.25, 0.3) is 5.91 Å². The summed E-state index contributed by atoms with van der Waals surface area (Å²) < 4.78 is 0. The molecular weight excluding hydrogens is 544 g/mol. The normalized spacial score (nSPS) is 10.8. The zero-order valence-electron chi connectivity index (χ0n) is 26.2. The van der Waals surface area contributed by atoms with Gasteiger partial charge in [-0.2, -0.15) is 0 Å². The molecule has 10 nitrogen and oxygen atoms in total. The van der Waals surface area contributed by atoms with E-state index in [1.54, 1.807) is 44.2 Å². The van der Waals surface area contributed by atoms with Crippen LogP contribution in [0.15, 0.2) is 48.5 Å². The third-order valence-corrected chi connectivity index (χ3v) is 7.09. The number of amides is 4. The Morgan fingerprint density at radius 1 is 0.930 bits per heavy atom. The molecule has 10 heteroatoms. The van der Waals surface area contributed by atoms with Gasteiger partial charge in [0.2, 0.25) is 5.91 Å². The number of pyridine rings is 1. The maximum Gasteiger partial charge on any atom is 0.326 e. The summed E-state index contributed by atoms with van der Waals surface area (Å²) in [6.07, 6.45) is 1.67. The SMILES string of the molecule is CCCCNC(=O)N(c1cc(NC(=O)c2ccccc2)c(O)cc1NC(=O)C(C)C)c1c(C)cc(N(CC)CC)nc1C. The highest BCUT2D eigenvalue weighted by Crippen LogP contribution is 2.42. The van der Waals surface area contributed by atoms with Gasteiger partial charge in [0, 0.05) is 37.2 Å². The van der Waals surface area contributed by atoms with Crippen molar-refractivity contribution >= 4 is 46.4 Å². The molecule has 4 N–H and O–H groups in total. The molecule has 0 aliphatic carbocycles. The van der Waals surface area contributed by atoms with Crippen LogP contribution < -0.4 is 25.8 Å². The Bertz CT molecular complexity index is 1410. The Labute approximate surface area is 254 Å².